The Hall–Kier alpha value is -3.92. The first kappa shape index (κ1) is 17.5. The summed E-state index contributed by atoms with van der Waals surface area (Å²) in [5.74, 6) is 1.59. The molecular weight excluding hydrogens is 356 g/mol. The summed E-state index contributed by atoms with van der Waals surface area (Å²) < 4.78 is 10.8. The molecule has 1 aliphatic rings. The van der Waals surface area contributed by atoms with Crippen molar-refractivity contribution in [2.45, 2.75) is 6.42 Å². The van der Waals surface area contributed by atoms with Crippen molar-refractivity contribution in [3.63, 3.8) is 0 Å². The highest BCUT2D eigenvalue weighted by Gasteiger charge is 2.16. The van der Waals surface area contributed by atoms with Crippen LogP contribution in [0.3, 0.4) is 0 Å². The fourth-order valence-corrected chi connectivity index (χ4v) is 2.88. The van der Waals surface area contributed by atoms with Gasteiger partial charge in [-0.15, -0.1) is 0 Å². The number of carbonyl (C=O) groups excluding carboxylic acids is 1. The molecule has 1 aromatic heterocycles. The highest BCUT2D eigenvalue weighted by atomic mass is 16.7. The Balaban J connectivity index is 1.79. The Morgan fingerprint density at radius 3 is 2.43 bits per heavy atom. The lowest BCUT2D eigenvalue weighted by atomic mass is 10.1. The number of benzene rings is 2. The number of hydrogen-bond donors (Lipinski definition) is 1. The zero-order chi connectivity index (χ0) is 19.5. The average Bonchev–Trinajstić information content (AvgIpc) is 3.21. The van der Waals surface area contributed by atoms with Crippen LogP contribution in [0.15, 0.2) is 48.5 Å². The molecule has 0 saturated heterocycles. The van der Waals surface area contributed by atoms with E-state index in [4.69, 9.17) is 14.7 Å². The van der Waals surface area contributed by atoms with Gasteiger partial charge in [0.2, 0.25) is 12.7 Å². The molecule has 0 bridgehead atoms. The van der Waals surface area contributed by atoms with Crippen LogP contribution in [0.5, 0.6) is 11.5 Å². The summed E-state index contributed by atoms with van der Waals surface area (Å²) in [4.78, 5) is 20.9. The Labute approximate surface area is 161 Å². The van der Waals surface area contributed by atoms with Gasteiger partial charge >= 0.3 is 0 Å². The molecule has 2 heterocycles. The van der Waals surface area contributed by atoms with Crippen LogP contribution in [0.25, 0.3) is 22.5 Å². The zero-order valence-corrected chi connectivity index (χ0v) is 15.1. The number of rotatable bonds is 4. The average molecular weight is 372 g/mol. The van der Waals surface area contributed by atoms with Crippen molar-refractivity contribution in [3.8, 4) is 40.1 Å². The zero-order valence-electron chi connectivity index (χ0n) is 15.1. The molecule has 7 nitrogen and oxygen atoms in total. The molecule has 0 aliphatic carbocycles. The summed E-state index contributed by atoms with van der Waals surface area (Å²) in [7, 11) is 1.57. The number of aromatic nitrogens is 2. The molecule has 0 radical (unpaired) electrons. The molecule has 0 atom stereocenters. The van der Waals surface area contributed by atoms with Gasteiger partial charge in [-0.2, -0.15) is 5.26 Å². The first-order valence-electron chi connectivity index (χ1n) is 8.65. The van der Waals surface area contributed by atoms with E-state index < -0.39 is 0 Å². The maximum atomic E-state index is 11.9. The first-order chi connectivity index (χ1) is 13.7. The maximum absolute atomic E-state index is 11.9. The predicted molar refractivity (Wildman–Crippen MR) is 102 cm³/mol. The molecule has 3 aromatic rings. The quantitative estimate of drug-likeness (QED) is 0.756. The summed E-state index contributed by atoms with van der Waals surface area (Å²) in [6.45, 7) is 0.195. The van der Waals surface area contributed by atoms with Gasteiger partial charge in [-0.25, -0.2) is 9.97 Å². The van der Waals surface area contributed by atoms with E-state index >= 15 is 0 Å². The van der Waals surface area contributed by atoms with Gasteiger partial charge in [-0.1, -0.05) is 12.1 Å². The van der Waals surface area contributed by atoms with Crippen molar-refractivity contribution >= 4 is 5.91 Å². The highest BCUT2D eigenvalue weighted by Crippen LogP contribution is 2.36. The molecule has 0 unspecified atom stereocenters. The second kappa shape index (κ2) is 7.37. The molecule has 0 spiro atoms. The minimum Gasteiger partial charge on any atom is -0.454 e. The van der Waals surface area contributed by atoms with Crippen molar-refractivity contribution < 1.29 is 14.3 Å². The molecule has 1 amide bonds. The molecule has 0 saturated carbocycles. The number of ether oxygens (including phenoxy) is 2. The second-order valence-electron chi connectivity index (χ2n) is 6.16. The van der Waals surface area contributed by atoms with Crippen molar-refractivity contribution in [2.24, 2.45) is 0 Å². The second-order valence-corrected chi connectivity index (χ2v) is 6.16. The van der Waals surface area contributed by atoms with Gasteiger partial charge in [-0.3, -0.25) is 4.79 Å². The molecule has 4 rings (SSSR count). The normalized spacial score (nSPS) is 11.7. The first-order valence-corrected chi connectivity index (χ1v) is 8.65. The standard InChI is InChI=1S/C21H16N4O3/c1-23-21(26)10-20-24-16(14-4-2-13(11-22)3-5-14)9-17(25-20)15-6-7-18-19(8-15)28-12-27-18/h2-9H,10,12H2,1H3,(H,23,26). The minimum absolute atomic E-state index is 0.0676. The number of fused-ring (bicyclic) bond motifs is 1. The van der Waals surface area contributed by atoms with Crippen LogP contribution in [0.4, 0.5) is 0 Å². The predicted octanol–water partition coefficient (Wildman–Crippen LogP) is 2.70. The van der Waals surface area contributed by atoms with Gasteiger partial charge in [0.15, 0.2) is 11.5 Å². The number of nitrogens with one attached hydrogen (secondary N) is 1. The third kappa shape index (κ3) is 3.48. The van der Waals surface area contributed by atoms with Crippen molar-refractivity contribution in [1.29, 1.82) is 5.26 Å². The summed E-state index contributed by atoms with van der Waals surface area (Å²) in [6, 6.07) is 16.7. The van der Waals surface area contributed by atoms with Crippen molar-refractivity contribution in [3.05, 3.63) is 59.9 Å². The van der Waals surface area contributed by atoms with Crippen LogP contribution < -0.4 is 14.8 Å². The molecular formula is C21H16N4O3. The third-order valence-corrected chi connectivity index (χ3v) is 4.35. The van der Waals surface area contributed by atoms with Crippen molar-refractivity contribution in [1.82, 2.24) is 15.3 Å². The number of hydrogen-bond acceptors (Lipinski definition) is 6. The fourth-order valence-electron chi connectivity index (χ4n) is 2.88. The Kier molecular flexibility index (Phi) is 4.60. The number of carbonyl (C=O) groups is 1. The van der Waals surface area contributed by atoms with E-state index in [1.54, 1.807) is 19.2 Å². The maximum Gasteiger partial charge on any atom is 0.231 e. The summed E-state index contributed by atoms with van der Waals surface area (Å²) in [5, 5.41) is 11.6. The van der Waals surface area contributed by atoms with E-state index in [0.717, 1.165) is 11.1 Å². The SMILES string of the molecule is CNC(=O)Cc1nc(-c2ccc(C#N)cc2)cc(-c2ccc3c(c2)OCO3)n1. The van der Waals surface area contributed by atoms with E-state index in [-0.39, 0.29) is 19.1 Å². The lowest BCUT2D eigenvalue weighted by Crippen LogP contribution is -2.21. The van der Waals surface area contributed by atoms with Crippen LogP contribution >= 0.6 is 0 Å². The van der Waals surface area contributed by atoms with Gasteiger partial charge in [0, 0.05) is 18.2 Å². The Bertz CT molecular complexity index is 1090. The summed E-state index contributed by atoms with van der Waals surface area (Å²) >= 11 is 0. The smallest absolute Gasteiger partial charge is 0.231 e. The van der Waals surface area contributed by atoms with Crippen LogP contribution in [0.2, 0.25) is 0 Å². The van der Waals surface area contributed by atoms with Gasteiger partial charge in [0.05, 0.1) is 29.4 Å². The Morgan fingerprint density at radius 1 is 1.04 bits per heavy atom. The number of amides is 1. The molecule has 138 valence electrons. The van der Waals surface area contributed by atoms with Crippen LogP contribution in [-0.2, 0) is 11.2 Å². The lowest BCUT2D eigenvalue weighted by Gasteiger charge is -2.09. The van der Waals surface area contributed by atoms with Crippen LogP contribution in [0.1, 0.15) is 11.4 Å². The molecule has 2 aromatic carbocycles. The Morgan fingerprint density at radius 2 is 1.71 bits per heavy atom. The van der Waals surface area contributed by atoms with Gasteiger partial charge in [-0.05, 0) is 36.4 Å². The monoisotopic (exact) mass is 372 g/mol. The fraction of sp³-hybridized carbons (Fsp3) is 0.143. The largest absolute Gasteiger partial charge is 0.454 e. The van der Waals surface area contributed by atoms with Gasteiger partial charge < -0.3 is 14.8 Å². The van der Waals surface area contributed by atoms with Crippen LogP contribution in [0, 0.1) is 11.3 Å². The highest BCUT2D eigenvalue weighted by molar-refractivity contribution is 5.78. The van der Waals surface area contributed by atoms with E-state index in [9.17, 15) is 4.79 Å². The topological polar surface area (TPSA) is 97.1 Å². The molecule has 1 N–H and O–H groups in total. The van der Waals surface area contributed by atoms with Gasteiger partial charge in [0.25, 0.3) is 0 Å². The number of nitrogens with zero attached hydrogens (tertiary/aromatic N) is 3. The number of nitriles is 1. The van der Waals surface area contributed by atoms with Crippen LogP contribution in [-0.4, -0.2) is 29.7 Å². The molecule has 1 aliphatic heterocycles. The van der Waals surface area contributed by atoms with E-state index in [1.165, 1.54) is 0 Å². The van der Waals surface area contributed by atoms with E-state index in [0.29, 0.717) is 34.3 Å². The lowest BCUT2D eigenvalue weighted by molar-refractivity contribution is -0.120. The molecule has 0 fully saturated rings. The summed E-state index contributed by atoms with van der Waals surface area (Å²) in [5.41, 5.74) is 3.58. The van der Waals surface area contributed by atoms with Gasteiger partial charge in [0.1, 0.15) is 5.82 Å². The molecule has 7 heteroatoms. The summed E-state index contributed by atoms with van der Waals surface area (Å²) in [6.07, 6.45) is 0.0676. The van der Waals surface area contributed by atoms with Crippen molar-refractivity contribution in [2.75, 3.05) is 13.8 Å². The van der Waals surface area contributed by atoms with E-state index in [1.807, 2.05) is 36.4 Å². The minimum atomic E-state index is -0.173. The van der Waals surface area contributed by atoms with E-state index in [2.05, 4.69) is 21.4 Å². The number of likely N-dealkylation sites (N-methyl/N-ethyl adjacent to an activating group) is 1. The molecule has 28 heavy (non-hydrogen) atoms. The third-order valence-electron chi connectivity index (χ3n) is 4.35.